The number of benzene rings is 1. The number of methoxy groups -OCH3 is 1. The monoisotopic (exact) mass is 290 g/mol. The van der Waals surface area contributed by atoms with Crippen LogP contribution in [-0.4, -0.2) is 22.6 Å². The Labute approximate surface area is 122 Å². The molecule has 0 bridgehead atoms. The van der Waals surface area contributed by atoms with E-state index in [1.54, 1.807) is 6.07 Å². The van der Waals surface area contributed by atoms with Gasteiger partial charge in [0.1, 0.15) is 17.6 Å². The molecule has 112 valence electrons. The maximum atomic E-state index is 13.4. The maximum Gasteiger partial charge on any atom is 0.316 e. The summed E-state index contributed by atoms with van der Waals surface area (Å²) >= 11 is 0. The van der Waals surface area contributed by atoms with Gasteiger partial charge in [0, 0.05) is 7.05 Å². The zero-order valence-corrected chi connectivity index (χ0v) is 12.3. The highest BCUT2D eigenvalue weighted by atomic mass is 19.1. The fraction of sp³-hybridized carbons (Fsp3) is 0.500. The van der Waals surface area contributed by atoms with E-state index in [0.29, 0.717) is 16.9 Å². The topological polar surface area (TPSA) is 44.1 Å². The molecular weight excluding hydrogens is 271 g/mol. The predicted molar refractivity (Wildman–Crippen MR) is 77.4 cm³/mol. The van der Waals surface area contributed by atoms with Gasteiger partial charge in [0.2, 0.25) is 0 Å². The van der Waals surface area contributed by atoms with Gasteiger partial charge in [-0.3, -0.25) is 4.79 Å². The standard InChI is InChI=1S/C16H19FN2O2/c1-19-13-9-11(17)7-8-12(13)18-15(19)14(16(20)21-2)10-5-3-4-6-10/h7-10,14H,3-6H2,1-2H3. The summed E-state index contributed by atoms with van der Waals surface area (Å²) in [6.07, 6.45) is 4.29. The first kappa shape index (κ1) is 14.0. The second-order valence-corrected chi connectivity index (χ2v) is 5.71. The number of ether oxygens (including phenoxy) is 1. The van der Waals surface area contributed by atoms with Crippen molar-refractivity contribution in [3.63, 3.8) is 0 Å². The van der Waals surface area contributed by atoms with Gasteiger partial charge in [0.15, 0.2) is 0 Å². The van der Waals surface area contributed by atoms with Crippen molar-refractivity contribution in [2.45, 2.75) is 31.6 Å². The zero-order valence-electron chi connectivity index (χ0n) is 12.3. The van der Waals surface area contributed by atoms with Crippen molar-refractivity contribution in [1.82, 2.24) is 9.55 Å². The van der Waals surface area contributed by atoms with Crippen LogP contribution in [0.1, 0.15) is 37.4 Å². The number of carbonyl (C=O) groups excluding carboxylic acids is 1. The molecule has 0 spiro atoms. The number of rotatable bonds is 3. The number of aromatic nitrogens is 2. The molecule has 1 heterocycles. The molecule has 0 saturated heterocycles. The van der Waals surface area contributed by atoms with Crippen LogP contribution < -0.4 is 0 Å². The van der Waals surface area contributed by atoms with Crippen molar-refractivity contribution in [2.24, 2.45) is 13.0 Å². The average Bonchev–Trinajstić information content (AvgIpc) is 3.10. The van der Waals surface area contributed by atoms with E-state index in [2.05, 4.69) is 4.98 Å². The SMILES string of the molecule is COC(=O)C(c1nc2ccc(F)cc2n1C)C1CCCC1. The quantitative estimate of drug-likeness (QED) is 0.816. The molecule has 1 atom stereocenters. The summed E-state index contributed by atoms with van der Waals surface area (Å²) in [6.45, 7) is 0. The molecule has 5 heteroatoms. The van der Waals surface area contributed by atoms with Gasteiger partial charge in [-0.15, -0.1) is 0 Å². The zero-order chi connectivity index (χ0) is 15.0. The molecule has 0 amide bonds. The van der Waals surface area contributed by atoms with Gasteiger partial charge in [-0.25, -0.2) is 9.37 Å². The fourth-order valence-electron chi connectivity index (χ4n) is 3.39. The largest absolute Gasteiger partial charge is 0.468 e. The third-order valence-corrected chi connectivity index (χ3v) is 4.48. The van der Waals surface area contributed by atoms with Crippen molar-refractivity contribution in [3.8, 4) is 0 Å². The Bertz CT molecular complexity index is 674. The minimum absolute atomic E-state index is 0.249. The van der Waals surface area contributed by atoms with Gasteiger partial charge in [-0.1, -0.05) is 12.8 Å². The fourth-order valence-corrected chi connectivity index (χ4v) is 3.39. The molecular formula is C16H19FN2O2. The van der Waals surface area contributed by atoms with Gasteiger partial charge in [-0.05, 0) is 37.0 Å². The van der Waals surface area contributed by atoms with Crippen molar-refractivity contribution in [2.75, 3.05) is 7.11 Å². The van der Waals surface area contributed by atoms with Gasteiger partial charge >= 0.3 is 5.97 Å². The number of halogens is 1. The second kappa shape index (κ2) is 5.47. The Hall–Kier alpha value is -1.91. The molecule has 3 rings (SSSR count). The minimum Gasteiger partial charge on any atom is -0.468 e. The van der Waals surface area contributed by atoms with E-state index in [4.69, 9.17) is 4.74 Å². The van der Waals surface area contributed by atoms with Crippen LogP contribution in [0.3, 0.4) is 0 Å². The first-order valence-electron chi connectivity index (χ1n) is 7.31. The molecule has 1 aromatic carbocycles. The summed E-state index contributed by atoms with van der Waals surface area (Å²) in [6, 6.07) is 4.49. The van der Waals surface area contributed by atoms with E-state index in [1.165, 1.54) is 19.2 Å². The lowest BCUT2D eigenvalue weighted by Crippen LogP contribution is -2.24. The third-order valence-electron chi connectivity index (χ3n) is 4.48. The van der Waals surface area contributed by atoms with Crippen molar-refractivity contribution < 1.29 is 13.9 Å². The summed E-state index contributed by atoms with van der Waals surface area (Å²) in [5.74, 6) is 0.0263. The average molecular weight is 290 g/mol. The van der Waals surface area contributed by atoms with Crippen LogP contribution in [0.25, 0.3) is 11.0 Å². The van der Waals surface area contributed by atoms with Crippen molar-refractivity contribution in [3.05, 3.63) is 29.8 Å². The maximum absolute atomic E-state index is 13.4. The molecule has 21 heavy (non-hydrogen) atoms. The van der Waals surface area contributed by atoms with E-state index in [0.717, 1.165) is 25.7 Å². The summed E-state index contributed by atoms with van der Waals surface area (Å²) in [7, 11) is 3.24. The lowest BCUT2D eigenvalue weighted by molar-refractivity contribution is -0.144. The second-order valence-electron chi connectivity index (χ2n) is 5.71. The van der Waals surface area contributed by atoms with Gasteiger partial charge < -0.3 is 9.30 Å². The van der Waals surface area contributed by atoms with Crippen LogP contribution >= 0.6 is 0 Å². The molecule has 2 aromatic rings. The van der Waals surface area contributed by atoms with E-state index < -0.39 is 0 Å². The molecule has 0 N–H and O–H groups in total. The Morgan fingerprint density at radius 3 is 2.81 bits per heavy atom. The predicted octanol–water partition coefficient (Wildman–Crippen LogP) is 3.16. The van der Waals surface area contributed by atoms with Crippen LogP contribution in [0.4, 0.5) is 4.39 Å². The van der Waals surface area contributed by atoms with Crippen LogP contribution in [0.5, 0.6) is 0 Å². The molecule has 0 radical (unpaired) electrons. The Morgan fingerprint density at radius 1 is 1.43 bits per heavy atom. The number of carbonyl (C=O) groups is 1. The first-order valence-corrected chi connectivity index (χ1v) is 7.31. The van der Waals surface area contributed by atoms with E-state index in [-0.39, 0.29) is 23.6 Å². The Balaban J connectivity index is 2.10. The van der Waals surface area contributed by atoms with E-state index >= 15 is 0 Å². The number of nitrogens with zero attached hydrogens (tertiary/aromatic N) is 2. The molecule has 1 unspecified atom stereocenters. The normalized spacial score (nSPS) is 17.3. The number of imidazole rings is 1. The summed E-state index contributed by atoms with van der Waals surface area (Å²) in [5, 5.41) is 0. The lowest BCUT2D eigenvalue weighted by atomic mass is 9.90. The van der Waals surface area contributed by atoms with E-state index in [1.807, 2.05) is 11.6 Å². The number of hydrogen-bond donors (Lipinski definition) is 0. The lowest BCUT2D eigenvalue weighted by Gasteiger charge is -2.20. The summed E-state index contributed by atoms with van der Waals surface area (Å²) in [5.41, 5.74) is 1.41. The summed E-state index contributed by atoms with van der Waals surface area (Å²) < 4.78 is 20.2. The first-order chi connectivity index (χ1) is 10.1. The van der Waals surface area contributed by atoms with Crippen LogP contribution in [0.2, 0.25) is 0 Å². The van der Waals surface area contributed by atoms with Crippen LogP contribution in [0, 0.1) is 11.7 Å². The van der Waals surface area contributed by atoms with Crippen LogP contribution in [0.15, 0.2) is 18.2 Å². The highest BCUT2D eigenvalue weighted by Crippen LogP contribution is 2.38. The number of esters is 1. The van der Waals surface area contributed by atoms with Gasteiger partial charge in [0.25, 0.3) is 0 Å². The van der Waals surface area contributed by atoms with Crippen molar-refractivity contribution >= 4 is 17.0 Å². The van der Waals surface area contributed by atoms with Crippen molar-refractivity contribution in [1.29, 1.82) is 0 Å². The highest BCUT2D eigenvalue weighted by molar-refractivity contribution is 5.81. The highest BCUT2D eigenvalue weighted by Gasteiger charge is 2.36. The van der Waals surface area contributed by atoms with Crippen LogP contribution in [-0.2, 0) is 16.6 Å². The molecule has 4 nitrogen and oxygen atoms in total. The molecule has 1 aliphatic rings. The smallest absolute Gasteiger partial charge is 0.316 e. The molecule has 1 fully saturated rings. The molecule has 1 aromatic heterocycles. The number of fused-ring (bicyclic) bond motifs is 1. The number of aryl methyl sites for hydroxylation is 1. The summed E-state index contributed by atoms with van der Waals surface area (Å²) in [4.78, 5) is 16.8. The molecule has 1 aliphatic carbocycles. The number of hydrogen-bond acceptors (Lipinski definition) is 3. The van der Waals surface area contributed by atoms with Gasteiger partial charge in [-0.2, -0.15) is 0 Å². The Kier molecular flexibility index (Phi) is 3.66. The Morgan fingerprint density at radius 2 is 2.14 bits per heavy atom. The van der Waals surface area contributed by atoms with E-state index in [9.17, 15) is 9.18 Å². The third kappa shape index (κ3) is 2.41. The van der Waals surface area contributed by atoms with Gasteiger partial charge in [0.05, 0.1) is 18.1 Å². The minimum atomic E-state index is -0.363. The molecule has 0 aliphatic heterocycles. The molecule has 1 saturated carbocycles.